The van der Waals surface area contributed by atoms with Crippen molar-refractivity contribution < 1.29 is 13.3 Å². The first-order valence-corrected chi connectivity index (χ1v) is 6.71. The van der Waals surface area contributed by atoms with Gasteiger partial charge in [-0.1, -0.05) is 0 Å². The van der Waals surface area contributed by atoms with Crippen LogP contribution in [0.15, 0.2) is 41.7 Å². The second kappa shape index (κ2) is 5.09. The maximum atomic E-state index is 12.0. The van der Waals surface area contributed by atoms with E-state index in [0.717, 1.165) is 18.2 Å². The quantitative estimate of drug-likeness (QED) is 0.482. The summed E-state index contributed by atoms with van der Waals surface area (Å²) in [5, 5.41) is 10.6. The number of hydrogen-bond acceptors (Lipinski definition) is 7. The Kier molecular flexibility index (Phi) is 3.48. The van der Waals surface area contributed by atoms with Crippen molar-refractivity contribution in [2.24, 2.45) is 0 Å². The van der Waals surface area contributed by atoms with E-state index in [1.807, 2.05) is 0 Å². The highest BCUT2D eigenvalue weighted by molar-refractivity contribution is 7.92. The number of nitrogens with zero attached hydrogens (tertiary/aromatic N) is 3. The van der Waals surface area contributed by atoms with Crippen LogP contribution in [0.4, 0.5) is 17.2 Å². The lowest BCUT2D eigenvalue weighted by molar-refractivity contribution is -0.383. The van der Waals surface area contributed by atoms with Crippen molar-refractivity contribution in [1.82, 2.24) is 9.97 Å². The zero-order chi connectivity index (χ0) is 14.8. The minimum atomic E-state index is -3.93. The van der Waals surface area contributed by atoms with Crippen molar-refractivity contribution >= 4 is 27.2 Å². The van der Waals surface area contributed by atoms with Crippen LogP contribution in [0.5, 0.6) is 0 Å². The fraction of sp³-hybridized carbons (Fsp3) is 0. The molecule has 0 aliphatic heterocycles. The zero-order valence-corrected chi connectivity index (χ0v) is 10.7. The molecular formula is C10H9N5O4S. The first-order chi connectivity index (χ1) is 9.40. The van der Waals surface area contributed by atoms with E-state index in [1.165, 1.54) is 18.6 Å². The number of sulfonamides is 1. The number of nitro benzene ring substituents is 1. The predicted molar refractivity (Wildman–Crippen MR) is 70.3 cm³/mol. The van der Waals surface area contributed by atoms with Gasteiger partial charge in [0, 0.05) is 18.5 Å². The Morgan fingerprint density at radius 2 is 2.05 bits per heavy atom. The summed E-state index contributed by atoms with van der Waals surface area (Å²) in [6.07, 6.45) is 3.94. The van der Waals surface area contributed by atoms with E-state index < -0.39 is 14.9 Å². The molecule has 0 saturated heterocycles. The molecule has 9 nitrogen and oxygen atoms in total. The third-order valence-electron chi connectivity index (χ3n) is 2.31. The molecule has 0 aliphatic carbocycles. The van der Waals surface area contributed by atoms with Crippen LogP contribution in [0.2, 0.25) is 0 Å². The Morgan fingerprint density at radius 1 is 1.30 bits per heavy atom. The number of nitrogens with one attached hydrogen (secondary N) is 1. The Morgan fingerprint density at radius 3 is 2.60 bits per heavy atom. The average Bonchev–Trinajstić information content (AvgIpc) is 2.38. The molecule has 0 aliphatic rings. The number of anilines is 2. The fourth-order valence-electron chi connectivity index (χ4n) is 1.41. The van der Waals surface area contributed by atoms with Crippen molar-refractivity contribution in [1.29, 1.82) is 0 Å². The van der Waals surface area contributed by atoms with Gasteiger partial charge in [-0.2, -0.15) is 0 Å². The van der Waals surface area contributed by atoms with Gasteiger partial charge in [-0.15, -0.1) is 0 Å². The monoisotopic (exact) mass is 295 g/mol. The van der Waals surface area contributed by atoms with Gasteiger partial charge in [0.25, 0.3) is 15.7 Å². The minimum Gasteiger partial charge on any atom is -0.393 e. The first-order valence-electron chi connectivity index (χ1n) is 5.23. The highest BCUT2D eigenvalue weighted by Gasteiger charge is 2.19. The maximum absolute atomic E-state index is 12.0. The van der Waals surface area contributed by atoms with E-state index in [4.69, 9.17) is 5.73 Å². The van der Waals surface area contributed by atoms with Gasteiger partial charge in [0.2, 0.25) is 0 Å². The summed E-state index contributed by atoms with van der Waals surface area (Å²) in [6, 6.07) is 3.13. The molecule has 0 fully saturated rings. The number of nitrogen functional groups attached to an aromatic ring is 1. The molecule has 20 heavy (non-hydrogen) atoms. The van der Waals surface area contributed by atoms with Gasteiger partial charge in [-0.05, 0) is 12.1 Å². The number of rotatable bonds is 4. The summed E-state index contributed by atoms with van der Waals surface area (Å²) >= 11 is 0. The predicted octanol–water partition coefficient (Wildman–Crippen LogP) is 0.768. The first kappa shape index (κ1) is 13.7. The molecule has 0 saturated carbocycles. The van der Waals surface area contributed by atoms with Crippen LogP contribution in [0.3, 0.4) is 0 Å². The Hall–Kier alpha value is -2.75. The summed E-state index contributed by atoms with van der Waals surface area (Å²) in [6.45, 7) is 0. The third-order valence-corrected chi connectivity index (χ3v) is 3.66. The molecule has 0 atom stereocenters. The van der Waals surface area contributed by atoms with Crippen LogP contribution >= 0.6 is 0 Å². The number of aromatic nitrogens is 2. The van der Waals surface area contributed by atoms with Gasteiger partial charge < -0.3 is 5.73 Å². The van der Waals surface area contributed by atoms with Gasteiger partial charge in [-0.3, -0.25) is 19.8 Å². The number of benzene rings is 1. The van der Waals surface area contributed by atoms with Crippen LogP contribution < -0.4 is 10.5 Å². The Labute approximate surface area is 113 Å². The summed E-state index contributed by atoms with van der Waals surface area (Å²) in [7, 11) is -3.93. The molecule has 0 spiro atoms. The number of nitrogens with two attached hydrogens (primary N) is 1. The minimum absolute atomic E-state index is 0.0319. The van der Waals surface area contributed by atoms with Crippen LogP contribution in [0, 0.1) is 10.1 Å². The van der Waals surface area contributed by atoms with Crippen LogP contribution in [-0.4, -0.2) is 23.3 Å². The average molecular weight is 295 g/mol. The van der Waals surface area contributed by atoms with E-state index in [-0.39, 0.29) is 22.1 Å². The molecule has 2 aromatic rings. The van der Waals surface area contributed by atoms with Crippen LogP contribution in [0.1, 0.15) is 0 Å². The largest absolute Gasteiger partial charge is 0.393 e. The molecule has 0 unspecified atom stereocenters. The van der Waals surface area contributed by atoms with E-state index in [0.29, 0.717) is 0 Å². The molecule has 104 valence electrons. The smallest absolute Gasteiger partial charge is 0.292 e. The molecule has 10 heteroatoms. The summed E-state index contributed by atoms with van der Waals surface area (Å²) in [4.78, 5) is 17.2. The van der Waals surface area contributed by atoms with Crippen molar-refractivity contribution in [2.45, 2.75) is 4.90 Å². The number of nitro groups is 1. The summed E-state index contributed by atoms with van der Waals surface area (Å²) in [5.74, 6) is 0.0319. The molecule has 2 rings (SSSR count). The van der Waals surface area contributed by atoms with E-state index >= 15 is 0 Å². The lowest BCUT2D eigenvalue weighted by Gasteiger charge is -2.07. The third kappa shape index (κ3) is 2.80. The molecule has 1 aromatic carbocycles. The van der Waals surface area contributed by atoms with Crippen LogP contribution in [0.25, 0.3) is 0 Å². The van der Waals surface area contributed by atoms with Crippen molar-refractivity contribution in [3.8, 4) is 0 Å². The molecule has 1 heterocycles. The SMILES string of the molecule is Nc1cc(S(=O)(=O)Nc2cnccn2)ccc1[N+](=O)[O-]. The van der Waals surface area contributed by atoms with Crippen LogP contribution in [-0.2, 0) is 10.0 Å². The summed E-state index contributed by atoms with van der Waals surface area (Å²) in [5.41, 5.74) is 4.85. The van der Waals surface area contributed by atoms with Crippen molar-refractivity contribution in [3.63, 3.8) is 0 Å². The molecular weight excluding hydrogens is 286 g/mol. The van der Waals surface area contributed by atoms with Crippen molar-refractivity contribution in [3.05, 3.63) is 46.9 Å². The lowest BCUT2D eigenvalue weighted by Crippen LogP contribution is -2.14. The van der Waals surface area contributed by atoms with Gasteiger partial charge >= 0.3 is 0 Å². The van der Waals surface area contributed by atoms with Gasteiger partial charge in [0.1, 0.15) is 5.69 Å². The second-order valence-corrected chi connectivity index (χ2v) is 5.36. The fourth-order valence-corrected chi connectivity index (χ4v) is 2.44. The van der Waals surface area contributed by atoms with Gasteiger partial charge in [-0.25, -0.2) is 13.4 Å². The molecule has 1 aromatic heterocycles. The molecule has 3 N–H and O–H groups in total. The molecule has 0 bridgehead atoms. The Balaban J connectivity index is 2.35. The van der Waals surface area contributed by atoms with E-state index in [1.54, 1.807) is 0 Å². The second-order valence-electron chi connectivity index (χ2n) is 3.67. The molecule has 0 radical (unpaired) electrons. The topological polar surface area (TPSA) is 141 Å². The Bertz CT molecular complexity index is 747. The highest BCUT2D eigenvalue weighted by Crippen LogP contribution is 2.25. The standard InChI is InChI=1S/C10H9N5O4S/c11-8-5-7(1-2-9(8)15(16)17)20(18,19)14-10-6-12-3-4-13-10/h1-6H,11H2,(H,13,14). The summed E-state index contributed by atoms with van der Waals surface area (Å²) < 4.78 is 26.2. The molecule has 0 amide bonds. The van der Waals surface area contributed by atoms with Gasteiger partial charge in [0.05, 0.1) is 16.0 Å². The zero-order valence-electron chi connectivity index (χ0n) is 9.92. The normalized spacial score (nSPS) is 11.0. The van der Waals surface area contributed by atoms with Crippen molar-refractivity contribution in [2.75, 3.05) is 10.5 Å². The van der Waals surface area contributed by atoms with E-state index in [9.17, 15) is 18.5 Å². The highest BCUT2D eigenvalue weighted by atomic mass is 32.2. The maximum Gasteiger partial charge on any atom is 0.292 e. The number of hydrogen-bond donors (Lipinski definition) is 2. The lowest BCUT2D eigenvalue weighted by atomic mass is 10.3. The van der Waals surface area contributed by atoms with Gasteiger partial charge in [0.15, 0.2) is 5.82 Å². The van der Waals surface area contributed by atoms with E-state index in [2.05, 4.69) is 14.7 Å².